The van der Waals surface area contributed by atoms with E-state index < -0.39 is 0 Å². The van der Waals surface area contributed by atoms with Gasteiger partial charge in [-0.25, -0.2) is 0 Å². The van der Waals surface area contributed by atoms with Crippen molar-refractivity contribution in [3.8, 4) is 0 Å². The second-order valence-corrected chi connectivity index (χ2v) is 5.30. The molecule has 1 aromatic heterocycles. The Balaban J connectivity index is 1.82. The zero-order chi connectivity index (χ0) is 14.4. The van der Waals surface area contributed by atoms with Gasteiger partial charge >= 0.3 is 0 Å². The smallest absolute Gasteiger partial charge is 0.227 e. The van der Waals surface area contributed by atoms with E-state index in [1.165, 1.54) is 5.56 Å². The maximum atomic E-state index is 12.2. The van der Waals surface area contributed by atoms with Crippen molar-refractivity contribution in [3.05, 3.63) is 30.1 Å². The maximum Gasteiger partial charge on any atom is 0.227 e. The summed E-state index contributed by atoms with van der Waals surface area (Å²) in [4.78, 5) is 20.6. The minimum Gasteiger partial charge on any atom is -0.340 e. The molecule has 1 atom stereocenters. The standard InChI is InChI=1S/C15H24N4O/c1-2-14(11-16)15(20)19-9-7-18(8-10-19)12-13-3-5-17-6-4-13/h3-6,14H,2,7-12,16H2,1H3. The molecule has 20 heavy (non-hydrogen) atoms. The lowest BCUT2D eigenvalue weighted by molar-refractivity contribution is -0.137. The maximum absolute atomic E-state index is 12.2. The molecule has 110 valence electrons. The van der Waals surface area contributed by atoms with Crippen LogP contribution >= 0.6 is 0 Å². The first-order valence-electron chi connectivity index (χ1n) is 7.34. The zero-order valence-corrected chi connectivity index (χ0v) is 12.2. The number of hydrogen-bond donors (Lipinski definition) is 1. The third kappa shape index (κ3) is 3.77. The van der Waals surface area contributed by atoms with Gasteiger partial charge in [0.05, 0.1) is 5.92 Å². The molecule has 2 rings (SSSR count). The second kappa shape index (κ2) is 7.36. The van der Waals surface area contributed by atoms with Gasteiger partial charge in [0.25, 0.3) is 0 Å². The molecule has 1 fully saturated rings. The Bertz CT molecular complexity index is 411. The van der Waals surface area contributed by atoms with Crippen LogP contribution in [-0.4, -0.2) is 53.4 Å². The Kier molecular flexibility index (Phi) is 5.49. The van der Waals surface area contributed by atoms with Crippen LogP contribution in [0.4, 0.5) is 0 Å². The highest BCUT2D eigenvalue weighted by Crippen LogP contribution is 2.12. The van der Waals surface area contributed by atoms with Gasteiger partial charge in [0, 0.05) is 51.7 Å². The monoisotopic (exact) mass is 276 g/mol. The first kappa shape index (κ1) is 14.9. The minimum absolute atomic E-state index is 0.0123. The summed E-state index contributed by atoms with van der Waals surface area (Å²) in [5.74, 6) is 0.209. The van der Waals surface area contributed by atoms with E-state index in [1.807, 2.05) is 36.4 Å². The van der Waals surface area contributed by atoms with Gasteiger partial charge in [-0.2, -0.15) is 0 Å². The van der Waals surface area contributed by atoms with Crippen molar-refractivity contribution in [2.45, 2.75) is 19.9 Å². The zero-order valence-electron chi connectivity index (χ0n) is 12.2. The highest BCUT2D eigenvalue weighted by Gasteiger charge is 2.25. The first-order valence-corrected chi connectivity index (χ1v) is 7.34. The van der Waals surface area contributed by atoms with E-state index in [0.717, 1.165) is 39.1 Å². The lowest BCUT2D eigenvalue weighted by atomic mass is 10.0. The summed E-state index contributed by atoms with van der Waals surface area (Å²) in [6.45, 7) is 6.87. The lowest BCUT2D eigenvalue weighted by Crippen LogP contribution is -2.50. The first-order chi connectivity index (χ1) is 9.74. The van der Waals surface area contributed by atoms with Crippen molar-refractivity contribution in [1.29, 1.82) is 0 Å². The number of nitrogens with two attached hydrogens (primary N) is 1. The third-order valence-electron chi connectivity index (χ3n) is 3.97. The molecule has 1 aromatic rings. The topological polar surface area (TPSA) is 62.5 Å². The second-order valence-electron chi connectivity index (χ2n) is 5.30. The molecule has 5 heteroatoms. The fourth-order valence-corrected chi connectivity index (χ4v) is 2.57. The summed E-state index contributed by atoms with van der Waals surface area (Å²) in [6.07, 6.45) is 4.47. The van der Waals surface area contributed by atoms with Crippen LogP contribution in [0.25, 0.3) is 0 Å². The molecular weight excluding hydrogens is 252 g/mol. The average molecular weight is 276 g/mol. The Labute approximate surface area is 120 Å². The molecule has 0 spiro atoms. The summed E-state index contributed by atoms with van der Waals surface area (Å²) in [7, 11) is 0. The Morgan fingerprint density at radius 1 is 1.30 bits per heavy atom. The van der Waals surface area contributed by atoms with Crippen LogP contribution in [0.1, 0.15) is 18.9 Å². The van der Waals surface area contributed by atoms with Crippen molar-refractivity contribution in [3.63, 3.8) is 0 Å². The van der Waals surface area contributed by atoms with Crippen molar-refractivity contribution >= 4 is 5.91 Å². The Morgan fingerprint density at radius 3 is 2.50 bits per heavy atom. The summed E-state index contributed by atoms with van der Waals surface area (Å²) < 4.78 is 0. The Hall–Kier alpha value is -1.46. The predicted octanol–water partition coefficient (Wildman–Crippen LogP) is 0.711. The van der Waals surface area contributed by atoms with Crippen LogP contribution in [0.3, 0.4) is 0 Å². The molecule has 1 aliphatic rings. The van der Waals surface area contributed by atoms with Crippen molar-refractivity contribution in [2.75, 3.05) is 32.7 Å². The van der Waals surface area contributed by atoms with Crippen LogP contribution in [0, 0.1) is 5.92 Å². The molecule has 0 aromatic carbocycles. The van der Waals surface area contributed by atoms with E-state index >= 15 is 0 Å². The fourth-order valence-electron chi connectivity index (χ4n) is 2.57. The summed E-state index contributed by atoms with van der Waals surface area (Å²) in [5.41, 5.74) is 6.93. The Morgan fingerprint density at radius 2 is 1.95 bits per heavy atom. The van der Waals surface area contributed by atoms with Crippen molar-refractivity contribution in [1.82, 2.24) is 14.8 Å². The molecule has 1 saturated heterocycles. The van der Waals surface area contributed by atoms with Gasteiger partial charge in [-0.15, -0.1) is 0 Å². The fraction of sp³-hybridized carbons (Fsp3) is 0.600. The number of hydrogen-bond acceptors (Lipinski definition) is 4. The lowest BCUT2D eigenvalue weighted by Gasteiger charge is -2.36. The largest absolute Gasteiger partial charge is 0.340 e. The van der Waals surface area contributed by atoms with Gasteiger partial charge in [0.1, 0.15) is 0 Å². The molecule has 0 radical (unpaired) electrons. The summed E-state index contributed by atoms with van der Waals surface area (Å²) >= 11 is 0. The average Bonchev–Trinajstić information content (AvgIpc) is 2.50. The van der Waals surface area contributed by atoms with Crippen LogP contribution in [0.15, 0.2) is 24.5 Å². The summed E-state index contributed by atoms with van der Waals surface area (Å²) in [6, 6.07) is 4.08. The van der Waals surface area contributed by atoms with Gasteiger partial charge in [-0.3, -0.25) is 14.7 Å². The van der Waals surface area contributed by atoms with E-state index in [0.29, 0.717) is 6.54 Å². The molecular formula is C15H24N4O. The number of rotatable bonds is 5. The highest BCUT2D eigenvalue weighted by atomic mass is 16.2. The molecule has 0 bridgehead atoms. The van der Waals surface area contributed by atoms with E-state index in [1.54, 1.807) is 0 Å². The van der Waals surface area contributed by atoms with Gasteiger partial charge in [0.2, 0.25) is 5.91 Å². The van der Waals surface area contributed by atoms with E-state index in [-0.39, 0.29) is 11.8 Å². The van der Waals surface area contributed by atoms with Gasteiger partial charge in [-0.1, -0.05) is 6.92 Å². The van der Waals surface area contributed by atoms with E-state index in [4.69, 9.17) is 5.73 Å². The molecule has 1 aliphatic heterocycles. The number of amides is 1. The quantitative estimate of drug-likeness (QED) is 0.860. The molecule has 5 nitrogen and oxygen atoms in total. The number of piperazine rings is 1. The van der Waals surface area contributed by atoms with Gasteiger partial charge in [0.15, 0.2) is 0 Å². The van der Waals surface area contributed by atoms with Crippen LogP contribution in [-0.2, 0) is 11.3 Å². The van der Waals surface area contributed by atoms with E-state index in [2.05, 4.69) is 9.88 Å². The van der Waals surface area contributed by atoms with Gasteiger partial charge in [-0.05, 0) is 24.1 Å². The van der Waals surface area contributed by atoms with Crippen LogP contribution < -0.4 is 5.73 Å². The molecule has 0 aliphatic carbocycles. The normalized spacial score (nSPS) is 18.0. The number of carbonyl (C=O) groups is 1. The van der Waals surface area contributed by atoms with Crippen LogP contribution in [0.2, 0.25) is 0 Å². The summed E-state index contributed by atoms with van der Waals surface area (Å²) in [5, 5.41) is 0. The molecule has 2 heterocycles. The molecule has 2 N–H and O–H groups in total. The SMILES string of the molecule is CCC(CN)C(=O)N1CCN(Cc2ccncc2)CC1. The molecule has 1 amide bonds. The predicted molar refractivity (Wildman–Crippen MR) is 78.9 cm³/mol. The number of pyridine rings is 1. The minimum atomic E-state index is -0.0123. The van der Waals surface area contributed by atoms with Crippen LogP contribution in [0.5, 0.6) is 0 Å². The number of nitrogens with zero attached hydrogens (tertiary/aromatic N) is 3. The number of carbonyl (C=O) groups excluding carboxylic acids is 1. The van der Waals surface area contributed by atoms with Gasteiger partial charge < -0.3 is 10.6 Å². The van der Waals surface area contributed by atoms with Crippen molar-refractivity contribution < 1.29 is 4.79 Å². The van der Waals surface area contributed by atoms with E-state index in [9.17, 15) is 4.79 Å². The third-order valence-corrected chi connectivity index (χ3v) is 3.97. The number of aromatic nitrogens is 1. The highest BCUT2D eigenvalue weighted by molar-refractivity contribution is 5.79. The van der Waals surface area contributed by atoms with Crippen molar-refractivity contribution in [2.24, 2.45) is 11.7 Å². The molecule has 1 unspecified atom stereocenters. The molecule has 0 saturated carbocycles.